The molecule has 1 aliphatic heterocycles. The Labute approximate surface area is 169 Å². The zero-order chi connectivity index (χ0) is 19.8. The fourth-order valence-electron chi connectivity index (χ4n) is 3.12. The molecule has 0 aliphatic carbocycles. The first-order chi connectivity index (χ1) is 13.7. The van der Waals surface area contributed by atoms with Crippen LogP contribution in [0.3, 0.4) is 0 Å². The van der Waals surface area contributed by atoms with E-state index >= 15 is 0 Å². The topological polar surface area (TPSA) is 67.9 Å². The Bertz CT molecular complexity index is 791. The zero-order valence-electron chi connectivity index (χ0n) is 15.5. The second kappa shape index (κ2) is 10.2. The van der Waals surface area contributed by atoms with Gasteiger partial charge in [0.25, 0.3) is 5.91 Å². The molecule has 1 heterocycles. The lowest BCUT2D eigenvalue weighted by molar-refractivity contribution is -0.123. The van der Waals surface area contributed by atoms with Crippen LogP contribution in [0.2, 0.25) is 5.02 Å². The minimum atomic E-state index is -0.218. The highest BCUT2D eigenvalue weighted by Gasteiger charge is 2.24. The average Bonchev–Trinajstić information content (AvgIpc) is 2.74. The predicted molar refractivity (Wildman–Crippen MR) is 107 cm³/mol. The summed E-state index contributed by atoms with van der Waals surface area (Å²) in [6.45, 7) is 3.22. The van der Waals surface area contributed by atoms with Crippen LogP contribution in [0.4, 0.5) is 0 Å². The van der Waals surface area contributed by atoms with Gasteiger partial charge < -0.3 is 14.8 Å². The highest BCUT2D eigenvalue weighted by Crippen LogP contribution is 2.27. The lowest BCUT2D eigenvalue weighted by Crippen LogP contribution is -2.44. The highest BCUT2D eigenvalue weighted by atomic mass is 35.5. The third-order valence-corrected chi connectivity index (χ3v) is 4.97. The molecule has 1 saturated heterocycles. The molecule has 0 bridgehead atoms. The molecule has 0 spiro atoms. The van der Waals surface area contributed by atoms with Gasteiger partial charge in [0.1, 0.15) is 12.0 Å². The number of amides is 1. The number of rotatable bonds is 8. The van der Waals surface area contributed by atoms with Crippen molar-refractivity contribution in [2.24, 2.45) is 0 Å². The van der Waals surface area contributed by atoms with E-state index in [1.54, 1.807) is 24.3 Å². The largest absolute Gasteiger partial charge is 0.484 e. The Kier molecular flexibility index (Phi) is 7.42. The van der Waals surface area contributed by atoms with Gasteiger partial charge in [-0.2, -0.15) is 0 Å². The molecule has 0 saturated carbocycles. The van der Waals surface area contributed by atoms with Gasteiger partial charge in [0.2, 0.25) is 0 Å². The number of hydrogen-bond acceptors (Lipinski definition) is 5. The molecule has 1 atom stereocenters. The smallest absolute Gasteiger partial charge is 0.258 e. The molecule has 2 aromatic carbocycles. The van der Waals surface area contributed by atoms with Crippen molar-refractivity contribution in [2.45, 2.75) is 6.04 Å². The van der Waals surface area contributed by atoms with E-state index in [1.165, 1.54) is 0 Å². The second-order valence-corrected chi connectivity index (χ2v) is 6.87. The summed E-state index contributed by atoms with van der Waals surface area (Å²) >= 11 is 6.40. The van der Waals surface area contributed by atoms with Crippen molar-refractivity contribution in [1.29, 1.82) is 0 Å². The van der Waals surface area contributed by atoms with Crippen molar-refractivity contribution in [3.05, 3.63) is 64.7 Å². The molecule has 3 rings (SSSR count). The van der Waals surface area contributed by atoms with Crippen LogP contribution in [-0.4, -0.2) is 56.5 Å². The standard InChI is InChI=1S/C21H23ClN2O4/c22-19-4-2-1-3-18(19)20(24-9-11-27-12-10-24)13-23-21(26)15-28-17-7-5-16(14-25)6-8-17/h1-8,14,20H,9-13,15H2,(H,23,26). The van der Waals surface area contributed by atoms with E-state index in [1.807, 2.05) is 24.3 Å². The number of morpholine rings is 1. The molecule has 148 valence electrons. The molecule has 0 aromatic heterocycles. The lowest BCUT2D eigenvalue weighted by atomic mass is 10.0. The summed E-state index contributed by atoms with van der Waals surface area (Å²) in [5, 5.41) is 3.62. The van der Waals surface area contributed by atoms with Crippen molar-refractivity contribution in [1.82, 2.24) is 10.2 Å². The Morgan fingerprint density at radius 1 is 1.18 bits per heavy atom. The monoisotopic (exact) mass is 402 g/mol. The third-order valence-electron chi connectivity index (χ3n) is 4.63. The first-order valence-electron chi connectivity index (χ1n) is 9.18. The van der Waals surface area contributed by atoms with E-state index in [-0.39, 0.29) is 18.6 Å². The molecule has 1 fully saturated rings. The number of carbonyl (C=O) groups is 2. The van der Waals surface area contributed by atoms with Gasteiger partial charge in [-0.05, 0) is 35.9 Å². The highest BCUT2D eigenvalue weighted by molar-refractivity contribution is 6.31. The van der Waals surface area contributed by atoms with Crippen LogP contribution in [0, 0.1) is 0 Å². The van der Waals surface area contributed by atoms with E-state index in [0.717, 1.165) is 24.9 Å². The number of halogens is 1. The molecular formula is C21H23ClN2O4. The number of nitrogens with one attached hydrogen (secondary N) is 1. The quantitative estimate of drug-likeness (QED) is 0.687. The van der Waals surface area contributed by atoms with Gasteiger partial charge >= 0.3 is 0 Å². The zero-order valence-corrected chi connectivity index (χ0v) is 16.2. The minimum Gasteiger partial charge on any atom is -0.484 e. The van der Waals surface area contributed by atoms with Gasteiger partial charge in [0.15, 0.2) is 6.61 Å². The number of carbonyl (C=O) groups excluding carboxylic acids is 2. The first-order valence-corrected chi connectivity index (χ1v) is 9.56. The van der Waals surface area contributed by atoms with Crippen LogP contribution < -0.4 is 10.1 Å². The van der Waals surface area contributed by atoms with Gasteiger partial charge in [-0.3, -0.25) is 14.5 Å². The molecule has 1 unspecified atom stereocenters. The molecule has 7 heteroatoms. The van der Waals surface area contributed by atoms with Crippen molar-refractivity contribution in [2.75, 3.05) is 39.5 Å². The summed E-state index contributed by atoms with van der Waals surface area (Å²) in [6, 6.07) is 14.3. The van der Waals surface area contributed by atoms with Crippen molar-refractivity contribution < 1.29 is 19.1 Å². The van der Waals surface area contributed by atoms with Crippen molar-refractivity contribution in [3.8, 4) is 5.75 Å². The second-order valence-electron chi connectivity index (χ2n) is 6.47. The summed E-state index contributed by atoms with van der Waals surface area (Å²) in [7, 11) is 0. The summed E-state index contributed by atoms with van der Waals surface area (Å²) in [6.07, 6.45) is 0.761. The molecular weight excluding hydrogens is 380 g/mol. The van der Waals surface area contributed by atoms with Crippen molar-refractivity contribution in [3.63, 3.8) is 0 Å². The van der Waals surface area contributed by atoms with Gasteiger partial charge in [-0.1, -0.05) is 29.8 Å². The molecule has 1 N–H and O–H groups in total. The molecule has 6 nitrogen and oxygen atoms in total. The van der Waals surface area contributed by atoms with E-state index in [0.29, 0.717) is 36.1 Å². The number of nitrogens with zero attached hydrogens (tertiary/aromatic N) is 1. The van der Waals surface area contributed by atoms with Crippen LogP contribution in [0.15, 0.2) is 48.5 Å². The van der Waals surface area contributed by atoms with Crippen LogP contribution in [0.5, 0.6) is 5.75 Å². The van der Waals surface area contributed by atoms with Crippen LogP contribution in [0.25, 0.3) is 0 Å². The van der Waals surface area contributed by atoms with Crippen LogP contribution in [0.1, 0.15) is 22.0 Å². The number of aldehydes is 1. The summed E-state index contributed by atoms with van der Waals surface area (Å²) < 4.78 is 10.9. The molecule has 28 heavy (non-hydrogen) atoms. The van der Waals surface area contributed by atoms with E-state index in [2.05, 4.69) is 10.2 Å². The van der Waals surface area contributed by atoms with Crippen LogP contribution in [-0.2, 0) is 9.53 Å². The molecule has 1 amide bonds. The van der Waals surface area contributed by atoms with Crippen molar-refractivity contribution >= 4 is 23.8 Å². The fraction of sp³-hybridized carbons (Fsp3) is 0.333. The molecule has 0 radical (unpaired) electrons. The Hall–Kier alpha value is -2.41. The predicted octanol–water partition coefficient (Wildman–Crippen LogP) is 2.72. The maximum atomic E-state index is 12.3. The van der Waals surface area contributed by atoms with E-state index in [9.17, 15) is 9.59 Å². The Morgan fingerprint density at radius 3 is 2.57 bits per heavy atom. The molecule has 1 aliphatic rings. The van der Waals surface area contributed by atoms with Gasteiger partial charge in [-0.15, -0.1) is 0 Å². The average molecular weight is 403 g/mol. The number of ether oxygens (including phenoxy) is 2. The van der Waals surface area contributed by atoms with E-state index in [4.69, 9.17) is 21.1 Å². The normalized spacial score (nSPS) is 15.6. The summed E-state index contributed by atoms with van der Waals surface area (Å²) in [4.78, 5) is 25.2. The van der Waals surface area contributed by atoms with Gasteiger partial charge in [0.05, 0.1) is 19.3 Å². The maximum Gasteiger partial charge on any atom is 0.258 e. The maximum absolute atomic E-state index is 12.3. The number of hydrogen-bond donors (Lipinski definition) is 1. The number of benzene rings is 2. The lowest BCUT2D eigenvalue weighted by Gasteiger charge is -2.35. The molecule has 2 aromatic rings. The minimum absolute atomic E-state index is 0.0339. The summed E-state index contributed by atoms with van der Waals surface area (Å²) in [5.74, 6) is 0.321. The summed E-state index contributed by atoms with van der Waals surface area (Å²) in [5.41, 5.74) is 1.54. The SMILES string of the molecule is O=Cc1ccc(OCC(=O)NCC(c2ccccc2Cl)N2CCOCC2)cc1. The van der Waals surface area contributed by atoms with Gasteiger partial charge in [0, 0.05) is 30.2 Å². The first kappa shape index (κ1) is 20.3. The fourth-order valence-corrected chi connectivity index (χ4v) is 3.38. The van der Waals surface area contributed by atoms with E-state index < -0.39 is 0 Å². The van der Waals surface area contributed by atoms with Crippen LogP contribution >= 0.6 is 11.6 Å². The van der Waals surface area contributed by atoms with Gasteiger partial charge in [-0.25, -0.2) is 0 Å². The third kappa shape index (κ3) is 5.55. The Balaban J connectivity index is 1.58. The Morgan fingerprint density at radius 2 is 1.89 bits per heavy atom.